The lowest BCUT2D eigenvalue weighted by Crippen LogP contribution is -2.05. The average Bonchev–Trinajstić information content (AvgIpc) is 2.30. The van der Waals surface area contributed by atoms with Crippen LogP contribution in [0.3, 0.4) is 0 Å². The van der Waals surface area contributed by atoms with Gasteiger partial charge < -0.3 is 5.32 Å². The molecule has 4 heteroatoms. The van der Waals surface area contributed by atoms with E-state index in [0.29, 0.717) is 5.95 Å². The minimum atomic E-state index is 0.705. The van der Waals surface area contributed by atoms with Gasteiger partial charge in [0.15, 0.2) is 0 Å². The first-order valence-corrected chi connectivity index (χ1v) is 5.75. The highest BCUT2D eigenvalue weighted by Gasteiger charge is 2.02. The molecule has 17 heavy (non-hydrogen) atoms. The zero-order chi connectivity index (χ0) is 12.1. The van der Waals surface area contributed by atoms with Crippen LogP contribution in [0.15, 0.2) is 30.6 Å². The second kappa shape index (κ2) is 5.39. The van der Waals surface area contributed by atoms with Gasteiger partial charge >= 0.3 is 0 Å². The van der Waals surface area contributed by atoms with Crippen LogP contribution in [0.2, 0.25) is 0 Å². The van der Waals surface area contributed by atoms with E-state index in [9.17, 15) is 0 Å². The molecule has 0 aliphatic carbocycles. The Morgan fingerprint density at radius 2 is 1.94 bits per heavy atom. The molecule has 0 aromatic carbocycles. The molecular weight excluding hydrogens is 212 g/mol. The van der Waals surface area contributed by atoms with Gasteiger partial charge in [-0.15, -0.1) is 0 Å². The van der Waals surface area contributed by atoms with E-state index < -0.39 is 0 Å². The van der Waals surface area contributed by atoms with Crippen molar-refractivity contribution >= 4 is 5.95 Å². The van der Waals surface area contributed by atoms with Crippen molar-refractivity contribution in [2.24, 2.45) is 0 Å². The van der Waals surface area contributed by atoms with Crippen molar-refractivity contribution < 1.29 is 0 Å². The van der Waals surface area contributed by atoms with Crippen molar-refractivity contribution in [3.8, 4) is 0 Å². The maximum atomic E-state index is 4.48. The van der Waals surface area contributed by atoms with Crippen molar-refractivity contribution in [3.63, 3.8) is 0 Å². The number of aromatic nitrogens is 3. The summed E-state index contributed by atoms with van der Waals surface area (Å²) in [6, 6.07) is 6.02. The van der Waals surface area contributed by atoms with Gasteiger partial charge in [-0.1, -0.05) is 0 Å². The minimum Gasteiger partial charge on any atom is -0.354 e. The Labute approximate surface area is 101 Å². The maximum absolute atomic E-state index is 4.48. The van der Waals surface area contributed by atoms with Gasteiger partial charge in [0.1, 0.15) is 0 Å². The SMILES string of the molecule is CCNc1nc(C)cc(Cc2ccncc2)n1. The van der Waals surface area contributed by atoms with Gasteiger partial charge in [-0.3, -0.25) is 4.98 Å². The van der Waals surface area contributed by atoms with E-state index in [2.05, 4.69) is 20.3 Å². The average molecular weight is 228 g/mol. The van der Waals surface area contributed by atoms with Crippen LogP contribution in [0.5, 0.6) is 0 Å². The molecule has 0 radical (unpaired) electrons. The fraction of sp³-hybridized carbons (Fsp3) is 0.308. The quantitative estimate of drug-likeness (QED) is 0.871. The highest BCUT2D eigenvalue weighted by atomic mass is 15.1. The van der Waals surface area contributed by atoms with Crippen molar-refractivity contribution in [3.05, 3.63) is 47.5 Å². The first kappa shape index (κ1) is 11.5. The number of nitrogens with zero attached hydrogens (tertiary/aromatic N) is 3. The van der Waals surface area contributed by atoms with E-state index in [-0.39, 0.29) is 0 Å². The molecule has 0 spiro atoms. The zero-order valence-electron chi connectivity index (χ0n) is 10.1. The lowest BCUT2D eigenvalue weighted by Gasteiger charge is -2.06. The van der Waals surface area contributed by atoms with Gasteiger partial charge in [0.25, 0.3) is 0 Å². The third-order valence-electron chi connectivity index (χ3n) is 2.38. The molecular formula is C13H16N4. The summed E-state index contributed by atoms with van der Waals surface area (Å²) in [6.45, 7) is 4.85. The highest BCUT2D eigenvalue weighted by molar-refractivity contribution is 5.30. The Balaban J connectivity index is 2.21. The highest BCUT2D eigenvalue weighted by Crippen LogP contribution is 2.09. The summed E-state index contributed by atoms with van der Waals surface area (Å²) in [5, 5.41) is 3.14. The first-order chi connectivity index (χ1) is 8.28. The Morgan fingerprint density at radius 3 is 2.65 bits per heavy atom. The summed E-state index contributed by atoms with van der Waals surface area (Å²) in [6.07, 6.45) is 4.41. The van der Waals surface area contributed by atoms with Crippen molar-refractivity contribution in [2.75, 3.05) is 11.9 Å². The Morgan fingerprint density at radius 1 is 1.18 bits per heavy atom. The molecule has 0 aliphatic heterocycles. The van der Waals surface area contributed by atoms with E-state index in [4.69, 9.17) is 0 Å². The van der Waals surface area contributed by atoms with Crippen molar-refractivity contribution in [1.82, 2.24) is 15.0 Å². The first-order valence-electron chi connectivity index (χ1n) is 5.75. The molecule has 0 aliphatic rings. The second-order valence-corrected chi connectivity index (χ2v) is 3.89. The van der Waals surface area contributed by atoms with E-state index in [1.54, 1.807) is 12.4 Å². The standard InChI is InChI=1S/C13H16N4/c1-3-15-13-16-10(2)8-12(17-13)9-11-4-6-14-7-5-11/h4-8H,3,9H2,1-2H3,(H,15,16,17). The molecule has 0 atom stereocenters. The molecule has 4 nitrogen and oxygen atoms in total. The number of pyridine rings is 1. The smallest absolute Gasteiger partial charge is 0.223 e. The Bertz CT molecular complexity index is 482. The lowest BCUT2D eigenvalue weighted by atomic mass is 10.1. The molecule has 2 aromatic rings. The van der Waals surface area contributed by atoms with Crippen LogP contribution in [0.1, 0.15) is 23.9 Å². The number of hydrogen-bond acceptors (Lipinski definition) is 4. The van der Waals surface area contributed by atoms with Gasteiger partial charge in [-0.25, -0.2) is 9.97 Å². The molecule has 2 heterocycles. The van der Waals surface area contributed by atoms with Crippen LogP contribution in [-0.4, -0.2) is 21.5 Å². The van der Waals surface area contributed by atoms with Crippen molar-refractivity contribution in [2.45, 2.75) is 20.3 Å². The van der Waals surface area contributed by atoms with E-state index >= 15 is 0 Å². The fourth-order valence-electron chi connectivity index (χ4n) is 1.67. The Hall–Kier alpha value is -1.97. The predicted molar refractivity (Wildman–Crippen MR) is 68.0 cm³/mol. The van der Waals surface area contributed by atoms with E-state index in [0.717, 1.165) is 24.4 Å². The summed E-state index contributed by atoms with van der Waals surface area (Å²) in [5.74, 6) is 0.705. The molecule has 0 bridgehead atoms. The Kier molecular flexibility index (Phi) is 3.65. The summed E-state index contributed by atoms with van der Waals surface area (Å²) in [4.78, 5) is 12.8. The minimum absolute atomic E-state index is 0.705. The van der Waals surface area contributed by atoms with Crippen LogP contribution in [0.25, 0.3) is 0 Å². The van der Waals surface area contributed by atoms with Gasteiger partial charge in [-0.05, 0) is 37.6 Å². The second-order valence-electron chi connectivity index (χ2n) is 3.89. The third-order valence-corrected chi connectivity index (χ3v) is 2.38. The molecule has 0 unspecified atom stereocenters. The van der Waals surface area contributed by atoms with Gasteiger partial charge in [0.05, 0.1) is 5.69 Å². The third kappa shape index (κ3) is 3.24. The summed E-state index contributed by atoms with van der Waals surface area (Å²) < 4.78 is 0. The molecule has 88 valence electrons. The molecule has 0 fully saturated rings. The maximum Gasteiger partial charge on any atom is 0.223 e. The lowest BCUT2D eigenvalue weighted by molar-refractivity contribution is 0.980. The number of hydrogen-bond donors (Lipinski definition) is 1. The number of aryl methyl sites for hydroxylation is 1. The molecule has 2 aromatic heterocycles. The van der Waals surface area contributed by atoms with Crippen LogP contribution < -0.4 is 5.32 Å². The number of nitrogens with one attached hydrogen (secondary N) is 1. The van der Waals surface area contributed by atoms with E-state index in [1.807, 2.05) is 32.0 Å². The van der Waals surface area contributed by atoms with E-state index in [1.165, 1.54) is 5.56 Å². The van der Waals surface area contributed by atoms with Gasteiger partial charge in [-0.2, -0.15) is 0 Å². The summed E-state index contributed by atoms with van der Waals surface area (Å²) in [7, 11) is 0. The van der Waals surface area contributed by atoms with Gasteiger partial charge in [0, 0.05) is 31.1 Å². The van der Waals surface area contributed by atoms with Crippen molar-refractivity contribution in [1.29, 1.82) is 0 Å². The molecule has 0 amide bonds. The number of anilines is 1. The monoisotopic (exact) mass is 228 g/mol. The summed E-state index contributed by atoms with van der Waals surface area (Å²) in [5.41, 5.74) is 3.22. The van der Waals surface area contributed by atoms with Crippen LogP contribution in [-0.2, 0) is 6.42 Å². The zero-order valence-corrected chi connectivity index (χ0v) is 10.1. The topological polar surface area (TPSA) is 50.7 Å². The number of rotatable bonds is 4. The van der Waals surface area contributed by atoms with Crippen LogP contribution in [0.4, 0.5) is 5.95 Å². The van der Waals surface area contributed by atoms with Crippen LogP contribution in [0, 0.1) is 6.92 Å². The van der Waals surface area contributed by atoms with Gasteiger partial charge in [0.2, 0.25) is 5.95 Å². The molecule has 0 saturated heterocycles. The predicted octanol–water partition coefficient (Wildman–Crippen LogP) is 2.20. The molecule has 1 N–H and O–H groups in total. The molecule has 2 rings (SSSR count). The normalized spacial score (nSPS) is 10.2. The molecule has 0 saturated carbocycles. The summed E-state index contributed by atoms with van der Waals surface area (Å²) >= 11 is 0. The largest absolute Gasteiger partial charge is 0.354 e. The van der Waals surface area contributed by atoms with Crippen LogP contribution >= 0.6 is 0 Å². The fourth-order valence-corrected chi connectivity index (χ4v) is 1.67.